The first-order valence-electron chi connectivity index (χ1n) is 5.80. The molecule has 4 nitrogen and oxygen atoms in total. The maximum atomic E-state index is 9.90. The van der Waals surface area contributed by atoms with Crippen molar-refractivity contribution in [3.8, 4) is 0 Å². The van der Waals surface area contributed by atoms with Crippen LogP contribution in [0.25, 0.3) is 0 Å². The molecule has 0 aliphatic rings. The Bertz CT molecular complexity index is 453. The molecule has 0 saturated heterocycles. The third-order valence-electron chi connectivity index (χ3n) is 2.67. The first-order valence-corrected chi connectivity index (χ1v) is 5.80. The van der Waals surface area contributed by atoms with Crippen molar-refractivity contribution in [3.05, 3.63) is 48.0 Å². The molecule has 4 heteroatoms. The maximum absolute atomic E-state index is 9.90. The van der Waals surface area contributed by atoms with Crippen LogP contribution >= 0.6 is 0 Å². The average Bonchev–Trinajstić information content (AvgIpc) is 2.73. The van der Waals surface area contributed by atoms with Gasteiger partial charge < -0.3 is 5.11 Å². The summed E-state index contributed by atoms with van der Waals surface area (Å²) in [6.07, 6.45) is 5.43. The standard InChI is InChI=1S/C13H17N3O/c1-16-9-7-12(15-16)10-13(17)6-5-11-4-2-3-8-14-11/h2-4,7-9,13,17H,5-6,10H2,1H3. The van der Waals surface area contributed by atoms with Gasteiger partial charge in [-0.2, -0.15) is 5.10 Å². The molecule has 0 spiro atoms. The van der Waals surface area contributed by atoms with E-state index in [2.05, 4.69) is 10.1 Å². The van der Waals surface area contributed by atoms with Crippen LogP contribution in [-0.4, -0.2) is 26.0 Å². The number of aliphatic hydroxyl groups excluding tert-OH is 1. The fourth-order valence-corrected chi connectivity index (χ4v) is 1.78. The molecule has 0 amide bonds. The highest BCUT2D eigenvalue weighted by molar-refractivity contribution is 5.04. The van der Waals surface area contributed by atoms with E-state index in [4.69, 9.17) is 0 Å². The highest BCUT2D eigenvalue weighted by Gasteiger charge is 2.08. The summed E-state index contributed by atoms with van der Waals surface area (Å²) in [6, 6.07) is 7.78. The van der Waals surface area contributed by atoms with Crippen molar-refractivity contribution >= 4 is 0 Å². The molecule has 0 aliphatic carbocycles. The van der Waals surface area contributed by atoms with Gasteiger partial charge in [-0.15, -0.1) is 0 Å². The van der Waals surface area contributed by atoms with E-state index < -0.39 is 0 Å². The summed E-state index contributed by atoms with van der Waals surface area (Å²) >= 11 is 0. The minimum atomic E-state index is -0.355. The topological polar surface area (TPSA) is 50.9 Å². The number of aliphatic hydroxyl groups is 1. The Balaban J connectivity index is 1.80. The van der Waals surface area contributed by atoms with Crippen LogP contribution in [0, 0.1) is 0 Å². The molecule has 0 aromatic carbocycles. The largest absolute Gasteiger partial charge is 0.393 e. The molecule has 0 radical (unpaired) electrons. The van der Waals surface area contributed by atoms with Crippen LogP contribution in [0.3, 0.4) is 0 Å². The Morgan fingerprint density at radius 2 is 2.18 bits per heavy atom. The van der Waals surface area contributed by atoms with Gasteiger partial charge in [0, 0.05) is 31.6 Å². The molecule has 1 unspecified atom stereocenters. The Morgan fingerprint density at radius 3 is 2.82 bits per heavy atom. The molecule has 1 atom stereocenters. The lowest BCUT2D eigenvalue weighted by Crippen LogP contribution is -2.12. The number of aryl methyl sites for hydroxylation is 2. The number of pyridine rings is 1. The van der Waals surface area contributed by atoms with Crippen molar-refractivity contribution in [3.63, 3.8) is 0 Å². The predicted octanol–water partition coefficient (Wildman–Crippen LogP) is 1.35. The molecule has 2 aromatic rings. The van der Waals surface area contributed by atoms with Crippen molar-refractivity contribution < 1.29 is 5.11 Å². The van der Waals surface area contributed by atoms with Gasteiger partial charge in [0.15, 0.2) is 0 Å². The first-order chi connectivity index (χ1) is 8.24. The van der Waals surface area contributed by atoms with Crippen LogP contribution in [0.5, 0.6) is 0 Å². The van der Waals surface area contributed by atoms with Crippen LogP contribution in [0.4, 0.5) is 0 Å². The van der Waals surface area contributed by atoms with Crippen molar-refractivity contribution in [1.29, 1.82) is 0 Å². The van der Waals surface area contributed by atoms with Crippen molar-refractivity contribution in [2.45, 2.75) is 25.4 Å². The Morgan fingerprint density at radius 1 is 1.29 bits per heavy atom. The Labute approximate surface area is 101 Å². The fraction of sp³-hybridized carbons (Fsp3) is 0.385. The molecule has 0 fully saturated rings. The van der Waals surface area contributed by atoms with Crippen molar-refractivity contribution in [2.24, 2.45) is 7.05 Å². The third-order valence-corrected chi connectivity index (χ3v) is 2.67. The van der Waals surface area contributed by atoms with E-state index in [-0.39, 0.29) is 6.10 Å². The molecule has 2 aromatic heterocycles. The first kappa shape index (κ1) is 11.8. The average molecular weight is 231 g/mol. The third kappa shape index (κ3) is 3.67. The lowest BCUT2D eigenvalue weighted by atomic mass is 10.1. The van der Waals surface area contributed by atoms with Gasteiger partial charge in [0.05, 0.1) is 11.8 Å². The second kappa shape index (κ2) is 5.59. The molecule has 90 valence electrons. The lowest BCUT2D eigenvalue weighted by molar-refractivity contribution is 0.163. The molecule has 17 heavy (non-hydrogen) atoms. The van der Waals surface area contributed by atoms with Gasteiger partial charge >= 0.3 is 0 Å². The van der Waals surface area contributed by atoms with E-state index in [1.165, 1.54) is 0 Å². The van der Waals surface area contributed by atoms with E-state index in [0.717, 1.165) is 17.8 Å². The number of hydrogen-bond acceptors (Lipinski definition) is 3. The van der Waals surface area contributed by atoms with Gasteiger partial charge in [0.2, 0.25) is 0 Å². The summed E-state index contributed by atoms with van der Waals surface area (Å²) in [5, 5.41) is 14.1. The van der Waals surface area contributed by atoms with Gasteiger partial charge in [0.25, 0.3) is 0 Å². The van der Waals surface area contributed by atoms with Crippen molar-refractivity contribution in [1.82, 2.24) is 14.8 Å². The molecule has 0 bridgehead atoms. The lowest BCUT2D eigenvalue weighted by Gasteiger charge is -2.08. The molecule has 0 aliphatic heterocycles. The van der Waals surface area contributed by atoms with Crippen LogP contribution in [0.15, 0.2) is 36.7 Å². The smallest absolute Gasteiger partial charge is 0.0650 e. The number of aromatic nitrogens is 3. The second-order valence-electron chi connectivity index (χ2n) is 4.20. The fourth-order valence-electron chi connectivity index (χ4n) is 1.78. The number of hydrogen-bond donors (Lipinski definition) is 1. The van der Waals surface area contributed by atoms with E-state index in [1.807, 2.05) is 37.5 Å². The number of rotatable bonds is 5. The zero-order valence-corrected chi connectivity index (χ0v) is 9.95. The molecule has 2 rings (SSSR count). The normalized spacial score (nSPS) is 12.6. The number of nitrogens with zero attached hydrogens (tertiary/aromatic N) is 3. The molecular weight excluding hydrogens is 214 g/mol. The van der Waals surface area contributed by atoms with E-state index in [9.17, 15) is 5.11 Å². The summed E-state index contributed by atoms with van der Waals surface area (Å²) in [5.74, 6) is 0. The van der Waals surface area contributed by atoms with Gasteiger partial charge in [0.1, 0.15) is 0 Å². The van der Waals surface area contributed by atoms with Crippen LogP contribution < -0.4 is 0 Å². The summed E-state index contributed by atoms with van der Waals surface area (Å²) < 4.78 is 1.75. The SMILES string of the molecule is Cn1ccc(CC(O)CCc2ccccn2)n1. The summed E-state index contributed by atoms with van der Waals surface area (Å²) in [5.41, 5.74) is 1.95. The Hall–Kier alpha value is -1.68. The van der Waals surface area contributed by atoms with Crippen LogP contribution in [0.2, 0.25) is 0 Å². The molecule has 1 N–H and O–H groups in total. The minimum absolute atomic E-state index is 0.355. The van der Waals surface area contributed by atoms with E-state index >= 15 is 0 Å². The maximum Gasteiger partial charge on any atom is 0.0650 e. The monoisotopic (exact) mass is 231 g/mol. The van der Waals surface area contributed by atoms with Crippen LogP contribution in [0.1, 0.15) is 17.8 Å². The zero-order valence-electron chi connectivity index (χ0n) is 9.95. The van der Waals surface area contributed by atoms with Gasteiger partial charge in [-0.25, -0.2) is 0 Å². The highest BCUT2D eigenvalue weighted by Crippen LogP contribution is 2.07. The molecule has 2 heterocycles. The zero-order chi connectivity index (χ0) is 12.1. The molecule has 0 saturated carbocycles. The second-order valence-corrected chi connectivity index (χ2v) is 4.20. The van der Waals surface area contributed by atoms with E-state index in [1.54, 1.807) is 10.9 Å². The van der Waals surface area contributed by atoms with Crippen LogP contribution in [-0.2, 0) is 19.9 Å². The van der Waals surface area contributed by atoms with Gasteiger partial charge in [-0.1, -0.05) is 6.07 Å². The summed E-state index contributed by atoms with van der Waals surface area (Å²) in [6.45, 7) is 0. The Kier molecular flexibility index (Phi) is 3.88. The van der Waals surface area contributed by atoms with Crippen molar-refractivity contribution in [2.75, 3.05) is 0 Å². The quantitative estimate of drug-likeness (QED) is 0.845. The predicted molar refractivity (Wildman–Crippen MR) is 65.5 cm³/mol. The molecular formula is C13H17N3O. The summed E-state index contributed by atoms with van der Waals surface area (Å²) in [7, 11) is 1.88. The van der Waals surface area contributed by atoms with Gasteiger partial charge in [-0.3, -0.25) is 9.67 Å². The van der Waals surface area contributed by atoms with Gasteiger partial charge in [-0.05, 0) is 31.0 Å². The highest BCUT2D eigenvalue weighted by atomic mass is 16.3. The minimum Gasteiger partial charge on any atom is -0.393 e. The summed E-state index contributed by atoms with van der Waals surface area (Å²) in [4.78, 5) is 4.23. The van der Waals surface area contributed by atoms with E-state index in [0.29, 0.717) is 12.8 Å².